The van der Waals surface area contributed by atoms with Crippen LogP contribution in [-0.4, -0.2) is 23.8 Å². The summed E-state index contributed by atoms with van der Waals surface area (Å²) in [6.45, 7) is 2.06. The first-order valence-electron chi connectivity index (χ1n) is 4.79. The van der Waals surface area contributed by atoms with E-state index >= 15 is 0 Å². The van der Waals surface area contributed by atoms with E-state index in [2.05, 4.69) is 0 Å². The Bertz CT molecular complexity index is 208. The summed E-state index contributed by atoms with van der Waals surface area (Å²) in [6.07, 6.45) is 4.92. The van der Waals surface area contributed by atoms with Gasteiger partial charge in [-0.15, -0.1) is 0 Å². The predicted molar refractivity (Wildman–Crippen MR) is 49.2 cm³/mol. The summed E-state index contributed by atoms with van der Waals surface area (Å²) in [5.74, 6) is -0.518. The Balaban J connectivity index is 2.50. The number of carbonyl (C=O) groups is 1. The number of rotatable bonds is 3. The van der Waals surface area contributed by atoms with Gasteiger partial charge in [-0.3, -0.25) is 0 Å². The third-order valence-electron chi connectivity index (χ3n) is 2.19. The normalized spacial score (nSPS) is 19.1. The van der Waals surface area contributed by atoms with E-state index in [-0.39, 0.29) is 0 Å². The van der Waals surface area contributed by atoms with Crippen molar-refractivity contribution in [1.29, 1.82) is 0 Å². The summed E-state index contributed by atoms with van der Waals surface area (Å²) >= 11 is 0. The second-order valence-electron chi connectivity index (χ2n) is 3.18. The molecule has 0 saturated carbocycles. The SMILES string of the molecule is CCOC(=O)[C@@H](O)C1=CCCCC1. The Labute approximate surface area is 78.4 Å². The highest BCUT2D eigenvalue weighted by Gasteiger charge is 2.21. The van der Waals surface area contributed by atoms with E-state index in [0.29, 0.717) is 6.61 Å². The average molecular weight is 184 g/mol. The van der Waals surface area contributed by atoms with Crippen LogP contribution in [0.2, 0.25) is 0 Å². The number of ether oxygens (including phenoxy) is 1. The van der Waals surface area contributed by atoms with Crippen LogP contribution in [0.25, 0.3) is 0 Å². The fraction of sp³-hybridized carbons (Fsp3) is 0.700. The molecule has 1 aliphatic carbocycles. The van der Waals surface area contributed by atoms with Gasteiger partial charge >= 0.3 is 5.97 Å². The first-order valence-corrected chi connectivity index (χ1v) is 4.79. The molecule has 0 aromatic carbocycles. The van der Waals surface area contributed by atoms with Crippen molar-refractivity contribution in [2.24, 2.45) is 0 Å². The standard InChI is InChI=1S/C10H16O3/c1-2-13-10(12)9(11)8-6-4-3-5-7-8/h6,9,11H,2-5,7H2,1H3/t9-/m0/s1. The summed E-state index contributed by atoms with van der Waals surface area (Å²) in [5, 5.41) is 9.53. The van der Waals surface area contributed by atoms with E-state index in [1.807, 2.05) is 6.08 Å². The molecule has 1 rings (SSSR count). The van der Waals surface area contributed by atoms with Gasteiger partial charge in [0.25, 0.3) is 0 Å². The van der Waals surface area contributed by atoms with Crippen LogP contribution in [-0.2, 0) is 9.53 Å². The van der Waals surface area contributed by atoms with Gasteiger partial charge in [-0.1, -0.05) is 6.08 Å². The molecule has 74 valence electrons. The predicted octanol–water partition coefficient (Wildman–Crippen LogP) is 1.41. The molecule has 1 aliphatic rings. The summed E-state index contributed by atoms with van der Waals surface area (Å²) in [6, 6.07) is 0. The van der Waals surface area contributed by atoms with Gasteiger partial charge in [0.2, 0.25) is 0 Å². The first kappa shape index (κ1) is 10.3. The number of esters is 1. The van der Waals surface area contributed by atoms with Gasteiger partial charge in [-0.05, 0) is 38.2 Å². The lowest BCUT2D eigenvalue weighted by Gasteiger charge is -2.16. The Morgan fingerprint density at radius 3 is 3.00 bits per heavy atom. The van der Waals surface area contributed by atoms with Crippen molar-refractivity contribution in [1.82, 2.24) is 0 Å². The molecule has 0 fully saturated rings. The van der Waals surface area contributed by atoms with Gasteiger partial charge < -0.3 is 9.84 Å². The van der Waals surface area contributed by atoms with E-state index in [0.717, 1.165) is 31.3 Å². The van der Waals surface area contributed by atoms with Crippen LogP contribution in [0.15, 0.2) is 11.6 Å². The number of aliphatic hydroxyl groups excluding tert-OH is 1. The Hall–Kier alpha value is -0.830. The second-order valence-corrected chi connectivity index (χ2v) is 3.18. The molecular formula is C10H16O3. The molecule has 3 heteroatoms. The summed E-state index contributed by atoms with van der Waals surface area (Å²) in [7, 11) is 0. The highest BCUT2D eigenvalue weighted by Crippen LogP contribution is 2.20. The molecule has 0 spiro atoms. The zero-order chi connectivity index (χ0) is 9.68. The molecule has 0 aliphatic heterocycles. The number of hydrogen-bond donors (Lipinski definition) is 1. The van der Waals surface area contributed by atoms with E-state index < -0.39 is 12.1 Å². The number of allylic oxidation sites excluding steroid dienone is 1. The zero-order valence-corrected chi connectivity index (χ0v) is 7.95. The summed E-state index contributed by atoms with van der Waals surface area (Å²) in [4.78, 5) is 11.1. The maximum atomic E-state index is 11.1. The van der Waals surface area contributed by atoms with Crippen molar-refractivity contribution in [3.05, 3.63) is 11.6 Å². The highest BCUT2D eigenvalue weighted by atomic mass is 16.5. The number of carbonyl (C=O) groups excluding carboxylic acids is 1. The van der Waals surface area contributed by atoms with Gasteiger partial charge in [0.15, 0.2) is 6.10 Å². The molecule has 0 amide bonds. The molecular weight excluding hydrogens is 168 g/mol. The van der Waals surface area contributed by atoms with Gasteiger partial charge in [0.1, 0.15) is 0 Å². The number of aliphatic hydroxyl groups is 1. The van der Waals surface area contributed by atoms with Crippen LogP contribution in [0.1, 0.15) is 32.6 Å². The molecule has 1 atom stereocenters. The monoisotopic (exact) mass is 184 g/mol. The largest absolute Gasteiger partial charge is 0.464 e. The molecule has 3 nitrogen and oxygen atoms in total. The quantitative estimate of drug-likeness (QED) is 0.533. The van der Waals surface area contributed by atoms with E-state index in [9.17, 15) is 9.90 Å². The van der Waals surface area contributed by atoms with E-state index in [1.54, 1.807) is 6.92 Å². The Morgan fingerprint density at radius 2 is 2.46 bits per heavy atom. The minimum atomic E-state index is -1.03. The third kappa shape index (κ3) is 2.84. The molecule has 0 unspecified atom stereocenters. The zero-order valence-electron chi connectivity index (χ0n) is 7.95. The molecule has 13 heavy (non-hydrogen) atoms. The maximum Gasteiger partial charge on any atom is 0.339 e. The van der Waals surface area contributed by atoms with Crippen molar-refractivity contribution in [3.8, 4) is 0 Å². The molecule has 0 bridgehead atoms. The summed E-state index contributed by atoms with van der Waals surface area (Å²) in [5.41, 5.74) is 0.824. The van der Waals surface area contributed by atoms with Gasteiger partial charge in [-0.25, -0.2) is 4.79 Å². The highest BCUT2D eigenvalue weighted by molar-refractivity contribution is 5.78. The fourth-order valence-corrected chi connectivity index (χ4v) is 1.48. The minimum Gasteiger partial charge on any atom is -0.464 e. The van der Waals surface area contributed by atoms with Crippen molar-refractivity contribution in [2.75, 3.05) is 6.61 Å². The summed E-state index contributed by atoms with van der Waals surface area (Å²) < 4.78 is 4.73. The van der Waals surface area contributed by atoms with E-state index in [1.165, 1.54) is 0 Å². The molecule has 0 heterocycles. The van der Waals surface area contributed by atoms with Gasteiger partial charge in [-0.2, -0.15) is 0 Å². The smallest absolute Gasteiger partial charge is 0.339 e. The average Bonchev–Trinajstić information content (AvgIpc) is 2.18. The number of hydrogen-bond acceptors (Lipinski definition) is 3. The minimum absolute atomic E-state index is 0.323. The van der Waals surface area contributed by atoms with Crippen molar-refractivity contribution in [2.45, 2.75) is 38.7 Å². The topological polar surface area (TPSA) is 46.5 Å². The molecule has 0 aromatic rings. The lowest BCUT2D eigenvalue weighted by Crippen LogP contribution is -2.26. The van der Waals surface area contributed by atoms with Crippen LogP contribution >= 0.6 is 0 Å². The van der Waals surface area contributed by atoms with Crippen molar-refractivity contribution in [3.63, 3.8) is 0 Å². The third-order valence-corrected chi connectivity index (χ3v) is 2.19. The molecule has 0 aromatic heterocycles. The van der Waals surface area contributed by atoms with Crippen molar-refractivity contribution >= 4 is 5.97 Å². The van der Waals surface area contributed by atoms with Crippen LogP contribution in [0.5, 0.6) is 0 Å². The van der Waals surface area contributed by atoms with Gasteiger partial charge in [0, 0.05) is 0 Å². The van der Waals surface area contributed by atoms with Gasteiger partial charge in [0.05, 0.1) is 6.61 Å². The maximum absolute atomic E-state index is 11.1. The Morgan fingerprint density at radius 1 is 1.69 bits per heavy atom. The lowest BCUT2D eigenvalue weighted by atomic mass is 9.95. The fourth-order valence-electron chi connectivity index (χ4n) is 1.48. The van der Waals surface area contributed by atoms with E-state index in [4.69, 9.17) is 4.74 Å². The van der Waals surface area contributed by atoms with Crippen LogP contribution in [0, 0.1) is 0 Å². The van der Waals surface area contributed by atoms with Crippen LogP contribution in [0.3, 0.4) is 0 Å². The lowest BCUT2D eigenvalue weighted by molar-refractivity contribution is -0.151. The van der Waals surface area contributed by atoms with Crippen LogP contribution in [0.4, 0.5) is 0 Å². The Kier molecular flexibility index (Phi) is 3.96. The molecule has 1 N–H and O–H groups in total. The van der Waals surface area contributed by atoms with Crippen LogP contribution < -0.4 is 0 Å². The molecule has 0 radical (unpaired) electrons. The molecule has 0 saturated heterocycles. The second kappa shape index (κ2) is 5.02. The van der Waals surface area contributed by atoms with Crippen molar-refractivity contribution < 1.29 is 14.6 Å². The first-order chi connectivity index (χ1) is 6.25.